The van der Waals surface area contributed by atoms with Crippen molar-refractivity contribution in [3.05, 3.63) is 34.9 Å². The summed E-state index contributed by atoms with van der Waals surface area (Å²) in [5, 5.41) is 0.726. The van der Waals surface area contributed by atoms with Crippen LogP contribution in [-0.2, 0) is 4.79 Å². The van der Waals surface area contributed by atoms with Gasteiger partial charge in [0.05, 0.1) is 0 Å². The first-order valence-electron chi connectivity index (χ1n) is 5.92. The molecule has 2 unspecified atom stereocenters. The van der Waals surface area contributed by atoms with E-state index in [0.717, 1.165) is 5.02 Å². The average molecular weight is 270 g/mol. The highest BCUT2D eigenvalue weighted by molar-refractivity contribution is 6.30. The molecule has 0 heterocycles. The molecular weight excluding hydrogens is 250 g/mol. The molecule has 0 fully saturated rings. The summed E-state index contributed by atoms with van der Waals surface area (Å²) in [6.45, 7) is 4.59. The van der Waals surface area contributed by atoms with Gasteiger partial charge in [-0.15, -0.1) is 0 Å². The van der Waals surface area contributed by atoms with E-state index in [4.69, 9.17) is 17.4 Å². The Morgan fingerprint density at radius 1 is 1.39 bits per heavy atom. The van der Waals surface area contributed by atoms with Gasteiger partial charge in [-0.2, -0.15) is 0 Å². The van der Waals surface area contributed by atoms with Crippen LogP contribution in [0.4, 0.5) is 0 Å². The molecule has 1 aromatic carbocycles. The smallest absolute Gasteiger partial charge is 0.237 e. The molecule has 0 aliphatic heterocycles. The van der Waals surface area contributed by atoms with Crippen molar-refractivity contribution in [2.75, 3.05) is 13.6 Å². The highest BCUT2D eigenvalue weighted by atomic mass is 35.5. The van der Waals surface area contributed by atoms with Crippen LogP contribution in [0.1, 0.15) is 25.5 Å². The minimum atomic E-state index is -0.148. The van der Waals surface area contributed by atoms with Crippen molar-refractivity contribution < 1.29 is 4.79 Å². The first-order chi connectivity index (χ1) is 8.45. The van der Waals surface area contributed by atoms with E-state index in [1.165, 1.54) is 5.56 Å². The summed E-state index contributed by atoms with van der Waals surface area (Å²) in [4.78, 5) is 13.5. The number of nitrogens with zero attached hydrogens (tertiary/aromatic N) is 1. The van der Waals surface area contributed by atoms with Crippen molar-refractivity contribution in [2.24, 2.45) is 11.8 Å². The molecule has 0 aromatic heterocycles. The van der Waals surface area contributed by atoms with E-state index in [-0.39, 0.29) is 17.9 Å². The van der Waals surface area contributed by atoms with Crippen molar-refractivity contribution in [1.82, 2.24) is 10.3 Å². The molecule has 0 bridgehead atoms. The van der Waals surface area contributed by atoms with Gasteiger partial charge >= 0.3 is 0 Å². The van der Waals surface area contributed by atoms with Gasteiger partial charge in [0.15, 0.2) is 0 Å². The summed E-state index contributed by atoms with van der Waals surface area (Å²) in [5.74, 6) is 4.83. The molecule has 5 heteroatoms. The highest BCUT2D eigenvalue weighted by Gasteiger charge is 2.18. The fourth-order valence-electron chi connectivity index (χ4n) is 1.81. The monoisotopic (exact) mass is 269 g/mol. The van der Waals surface area contributed by atoms with Crippen molar-refractivity contribution >= 4 is 17.5 Å². The first kappa shape index (κ1) is 15.0. The summed E-state index contributed by atoms with van der Waals surface area (Å²) in [6, 6.07) is 7.96. The molecule has 0 radical (unpaired) electrons. The summed E-state index contributed by atoms with van der Waals surface area (Å²) in [5.41, 5.74) is 3.34. The highest BCUT2D eigenvalue weighted by Crippen LogP contribution is 2.21. The van der Waals surface area contributed by atoms with Gasteiger partial charge in [-0.25, -0.2) is 5.84 Å². The maximum atomic E-state index is 11.4. The van der Waals surface area contributed by atoms with Crippen molar-refractivity contribution in [1.29, 1.82) is 0 Å². The number of carbonyl (C=O) groups is 1. The number of hydrogen-bond acceptors (Lipinski definition) is 3. The number of hydrogen-bond donors (Lipinski definition) is 2. The van der Waals surface area contributed by atoms with E-state index < -0.39 is 0 Å². The van der Waals surface area contributed by atoms with E-state index in [9.17, 15) is 4.79 Å². The van der Waals surface area contributed by atoms with E-state index >= 15 is 0 Å². The number of nitrogens with two attached hydrogens (primary N) is 1. The van der Waals surface area contributed by atoms with Gasteiger partial charge in [0.2, 0.25) is 5.91 Å². The zero-order chi connectivity index (χ0) is 13.7. The summed E-state index contributed by atoms with van der Waals surface area (Å²) in [7, 11) is 1.99. The molecular formula is C13H20ClN3O. The quantitative estimate of drug-likeness (QED) is 0.488. The maximum absolute atomic E-state index is 11.4. The molecule has 0 saturated heterocycles. The van der Waals surface area contributed by atoms with Gasteiger partial charge in [-0.1, -0.05) is 30.7 Å². The van der Waals surface area contributed by atoms with Crippen LogP contribution in [0.25, 0.3) is 0 Å². The molecule has 0 spiro atoms. The standard InChI is InChI=1S/C13H20ClN3O/c1-9(13(18)16-15)8-17(3)10(2)11-4-6-12(14)7-5-11/h4-7,9-10H,8,15H2,1-3H3,(H,16,18). The van der Waals surface area contributed by atoms with Crippen LogP contribution in [0.2, 0.25) is 5.02 Å². The van der Waals surface area contributed by atoms with E-state index in [1.54, 1.807) is 0 Å². The second-order valence-corrected chi connectivity index (χ2v) is 5.01. The second-order valence-electron chi connectivity index (χ2n) is 4.58. The van der Waals surface area contributed by atoms with Crippen LogP contribution < -0.4 is 11.3 Å². The lowest BCUT2D eigenvalue weighted by molar-refractivity contribution is -0.125. The third-order valence-electron chi connectivity index (χ3n) is 3.17. The summed E-state index contributed by atoms with van der Waals surface area (Å²) < 4.78 is 0. The predicted octanol–water partition coefficient (Wildman–Crippen LogP) is 1.96. The zero-order valence-corrected chi connectivity index (χ0v) is 11.7. The van der Waals surface area contributed by atoms with Gasteiger partial charge < -0.3 is 0 Å². The maximum Gasteiger partial charge on any atom is 0.237 e. The number of benzene rings is 1. The third-order valence-corrected chi connectivity index (χ3v) is 3.42. The molecule has 18 heavy (non-hydrogen) atoms. The average Bonchev–Trinajstić information content (AvgIpc) is 2.37. The summed E-state index contributed by atoms with van der Waals surface area (Å²) >= 11 is 5.86. The molecule has 0 saturated carbocycles. The Labute approximate surface area is 113 Å². The Morgan fingerprint density at radius 2 is 1.94 bits per heavy atom. The third kappa shape index (κ3) is 3.98. The lowest BCUT2D eigenvalue weighted by Gasteiger charge is -2.27. The van der Waals surface area contributed by atoms with Crippen LogP contribution in [0.3, 0.4) is 0 Å². The second kappa shape index (κ2) is 6.73. The predicted molar refractivity (Wildman–Crippen MR) is 74.0 cm³/mol. The van der Waals surface area contributed by atoms with E-state index in [2.05, 4.69) is 17.2 Å². The van der Waals surface area contributed by atoms with Crippen molar-refractivity contribution in [3.63, 3.8) is 0 Å². The number of nitrogens with one attached hydrogen (secondary N) is 1. The molecule has 1 amide bonds. The molecule has 1 aromatic rings. The number of carbonyl (C=O) groups excluding carboxylic acids is 1. The summed E-state index contributed by atoms with van der Waals surface area (Å²) in [6.07, 6.45) is 0. The number of amides is 1. The molecule has 0 aliphatic carbocycles. The van der Waals surface area contributed by atoms with Crippen LogP contribution in [-0.4, -0.2) is 24.4 Å². The van der Waals surface area contributed by atoms with Gasteiger partial charge in [-0.05, 0) is 31.7 Å². The Kier molecular flexibility index (Phi) is 5.59. The molecule has 2 atom stereocenters. The fourth-order valence-corrected chi connectivity index (χ4v) is 1.94. The first-order valence-corrected chi connectivity index (χ1v) is 6.29. The minimum absolute atomic E-state index is 0.144. The number of hydrazine groups is 1. The van der Waals surface area contributed by atoms with Crippen molar-refractivity contribution in [2.45, 2.75) is 19.9 Å². The lowest BCUT2D eigenvalue weighted by atomic mass is 10.1. The van der Waals surface area contributed by atoms with Crippen LogP contribution >= 0.6 is 11.6 Å². The molecule has 4 nitrogen and oxygen atoms in total. The van der Waals surface area contributed by atoms with Gasteiger partial charge in [0.1, 0.15) is 0 Å². The SMILES string of the molecule is CC(CN(C)C(C)c1ccc(Cl)cc1)C(=O)NN. The number of halogens is 1. The Morgan fingerprint density at radius 3 is 2.44 bits per heavy atom. The molecule has 0 aliphatic rings. The van der Waals surface area contributed by atoms with Gasteiger partial charge in [-0.3, -0.25) is 15.1 Å². The Bertz CT molecular complexity index is 394. The van der Waals surface area contributed by atoms with Gasteiger partial charge in [0.25, 0.3) is 0 Å². The van der Waals surface area contributed by atoms with Crippen molar-refractivity contribution in [3.8, 4) is 0 Å². The minimum Gasteiger partial charge on any atom is -0.299 e. The molecule has 3 N–H and O–H groups in total. The lowest BCUT2D eigenvalue weighted by Crippen LogP contribution is -2.40. The van der Waals surface area contributed by atoms with Gasteiger partial charge in [0, 0.05) is 23.5 Å². The van der Waals surface area contributed by atoms with Crippen LogP contribution in [0.5, 0.6) is 0 Å². The largest absolute Gasteiger partial charge is 0.299 e. The number of rotatable bonds is 5. The van der Waals surface area contributed by atoms with E-state index in [1.807, 2.05) is 38.2 Å². The Hall–Kier alpha value is -1.10. The topological polar surface area (TPSA) is 58.4 Å². The zero-order valence-electron chi connectivity index (χ0n) is 11.0. The fraction of sp³-hybridized carbons (Fsp3) is 0.462. The molecule has 1 rings (SSSR count). The molecule has 100 valence electrons. The Balaban J connectivity index is 2.63. The normalized spacial score (nSPS) is 14.3. The van der Waals surface area contributed by atoms with Crippen LogP contribution in [0.15, 0.2) is 24.3 Å². The van der Waals surface area contributed by atoms with E-state index in [0.29, 0.717) is 6.54 Å². The van der Waals surface area contributed by atoms with Crippen LogP contribution in [0, 0.1) is 5.92 Å².